The van der Waals surface area contributed by atoms with Crippen LogP contribution in [0.5, 0.6) is 0 Å². The van der Waals surface area contributed by atoms with E-state index in [2.05, 4.69) is 6.07 Å². The molecule has 1 amide bonds. The SMILES string of the molecule is COC(=O)N1CCc2c3n(c4ccccc24)[C@@H](O)C[C@H]([C@H](CC=O)COC(=O)c2ccccc2)C[C@@H]31. The molecule has 2 aliphatic heterocycles. The quantitative estimate of drug-likeness (QED) is 0.409. The average molecular weight is 491 g/mol. The number of aldehydes is 1. The summed E-state index contributed by atoms with van der Waals surface area (Å²) in [5, 5.41) is 12.5. The van der Waals surface area contributed by atoms with Crippen molar-refractivity contribution in [3.63, 3.8) is 0 Å². The lowest BCUT2D eigenvalue weighted by atomic mass is 9.81. The maximum Gasteiger partial charge on any atom is 0.410 e. The first-order valence-corrected chi connectivity index (χ1v) is 12.3. The minimum absolute atomic E-state index is 0.0529. The Morgan fingerprint density at radius 2 is 1.86 bits per heavy atom. The number of aliphatic hydroxyl groups is 1. The number of carbonyl (C=O) groups is 3. The van der Waals surface area contributed by atoms with Crippen LogP contribution in [0.3, 0.4) is 0 Å². The van der Waals surface area contributed by atoms with Gasteiger partial charge in [0.2, 0.25) is 0 Å². The van der Waals surface area contributed by atoms with Crippen molar-refractivity contribution >= 4 is 29.3 Å². The summed E-state index contributed by atoms with van der Waals surface area (Å²) in [6.45, 7) is 0.555. The molecule has 1 aromatic heterocycles. The molecule has 0 spiro atoms. The number of benzene rings is 2. The molecule has 3 heterocycles. The summed E-state index contributed by atoms with van der Waals surface area (Å²) in [4.78, 5) is 38.7. The van der Waals surface area contributed by atoms with Crippen LogP contribution in [0.4, 0.5) is 4.79 Å². The van der Waals surface area contributed by atoms with Gasteiger partial charge in [0.25, 0.3) is 0 Å². The molecule has 2 aromatic carbocycles. The van der Waals surface area contributed by atoms with Crippen LogP contribution in [0.25, 0.3) is 10.9 Å². The fourth-order valence-corrected chi connectivity index (χ4v) is 5.91. The molecule has 188 valence electrons. The largest absolute Gasteiger partial charge is 0.462 e. The molecule has 0 saturated heterocycles. The summed E-state index contributed by atoms with van der Waals surface area (Å²) in [6.07, 6.45) is 1.32. The Kier molecular flexibility index (Phi) is 6.78. The Labute approximate surface area is 209 Å². The van der Waals surface area contributed by atoms with Crippen LogP contribution in [-0.2, 0) is 20.7 Å². The van der Waals surface area contributed by atoms with E-state index in [1.54, 1.807) is 29.2 Å². The Morgan fingerprint density at radius 1 is 1.11 bits per heavy atom. The smallest absolute Gasteiger partial charge is 0.410 e. The number of para-hydroxylation sites is 1. The third-order valence-electron chi connectivity index (χ3n) is 7.60. The zero-order valence-electron chi connectivity index (χ0n) is 20.2. The molecule has 0 bridgehead atoms. The minimum Gasteiger partial charge on any atom is -0.462 e. The van der Waals surface area contributed by atoms with Gasteiger partial charge in [0.15, 0.2) is 0 Å². The van der Waals surface area contributed by atoms with Gasteiger partial charge in [0, 0.05) is 30.0 Å². The molecule has 5 rings (SSSR count). The van der Waals surface area contributed by atoms with Gasteiger partial charge in [-0.15, -0.1) is 0 Å². The van der Waals surface area contributed by atoms with Crippen molar-refractivity contribution in [2.75, 3.05) is 20.3 Å². The number of nitrogens with zero attached hydrogens (tertiary/aromatic N) is 2. The fourth-order valence-electron chi connectivity index (χ4n) is 5.91. The molecule has 0 saturated carbocycles. The van der Waals surface area contributed by atoms with Gasteiger partial charge >= 0.3 is 12.1 Å². The second kappa shape index (κ2) is 10.1. The van der Waals surface area contributed by atoms with Gasteiger partial charge in [0.1, 0.15) is 12.5 Å². The predicted octanol–water partition coefficient (Wildman–Crippen LogP) is 4.27. The zero-order valence-corrected chi connectivity index (χ0v) is 20.2. The number of fused-ring (bicyclic) bond motifs is 3. The number of hydrogen-bond donors (Lipinski definition) is 1. The molecular weight excluding hydrogens is 460 g/mol. The number of amides is 1. The predicted molar refractivity (Wildman–Crippen MR) is 132 cm³/mol. The van der Waals surface area contributed by atoms with Gasteiger partial charge in [-0.05, 0) is 48.9 Å². The molecule has 8 nitrogen and oxygen atoms in total. The Bertz CT molecular complexity index is 1270. The maximum atomic E-state index is 12.8. The lowest BCUT2D eigenvalue weighted by Gasteiger charge is -2.37. The van der Waals surface area contributed by atoms with Crippen molar-refractivity contribution in [1.82, 2.24) is 9.47 Å². The van der Waals surface area contributed by atoms with Crippen LogP contribution in [0.2, 0.25) is 0 Å². The topological polar surface area (TPSA) is 98.1 Å². The van der Waals surface area contributed by atoms with E-state index < -0.39 is 18.3 Å². The molecule has 0 unspecified atom stereocenters. The average Bonchev–Trinajstić information content (AvgIpc) is 3.17. The summed E-state index contributed by atoms with van der Waals surface area (Å²) < 4.78 is 12.7. The third-order valence-corrected chi connectivity index (χ3v) is 7.60. The zero-order chi connectivity index (χ0) is 25.2. The van der Waals surface area contributed by atoms with Gasteiger partial charge in [-0.25, -0.2) is 9.59 Å². The molecule has 0 fully saturated rings. The number of rotatable bonds is 6. The summed E-state index contributed by atoms with van der Waals surface area (Å²) in [5.74, 6) is -0.921. The first-order chi connectivity index (χ1) is 17.5. The van der Waals surface area contributed by atoms with Crippen molar-refractivity contribution in [2.45, 2.75) is 38.0 Å². The molecule has 8 heteroatoms. The summed E-state index contributed by atoms with van der Waals surface area (Å²) in [5.41, 5.74) is 3.43. The van der Waals surface area contributed by atoms with E-state index in [-0.39, 0.29) is 30.9 Å². The van der Waals surface area contributed by atoms with Crippen LogP contribution >= 0.6 is 0 Å². The van der Waals surface area contributed by atoms with Gasteiger partial charge in [0.05, 0.1) is 30.8 Å². The van der Waals surface area contributed by atoms with E-state index >= 15 is 0 Å². The number of esters is 1. The highest BCUT2D eigenvalue weighted by atomic mass is 16.5. The Balaban J connectivity index is 1.48. The van der Waals surface area contributed by atoms with E-state index in [1.807, 2.05) is 28.8 Å². The molecule has 36 heavy (non-hydrogen) atoms. The van der Waals surface area contributed by atoms with Gasteiger partial charge < -0.3 is 23.9 Å². The van der Waals surface area contributed by atoms with Gasteiger partial charge in [-0.3, -0.25) is 4.90 Å². The van der Waals surface area contributed by atoms with E-state index in [4.69, 9.17) is 9.47 Å². The van der Waals surface area contributed by atoms with Gasteiger partial charge in [-0.2, -0.15) is 0 Å². The number of aromatic nitrogens is 1. The molecule has 3 aromatic rings. The summed E-state index contributed by atoms with van der Waals surface area (Å²) in [6, 6.07) is 16.4. The van der Waals surface area contributed by atoms with Crippen molar-refractivity contribution in [1.29, 1.82) is 0 Å². The maximum absolute atomic E-state index is 12.8. The fraction of sp³-hybridized carbons (Fsp3) is 0.393. The van der Waals surface area contributed by atoms with Gasteiger partial charge in [-0.1, -0.05) is 36.4 Å². The van der Waals surface area contributed by atoms with Crippen molar-refractivity contribution in [3.05, 3.63) is 71.4 Å². The number of ether oxygens (including phenoxy) is 2. The first kappa shape index (κ1) is 24.1. The van der Waals surface area contributed by atoms with Crippen LogP contribution in [0.1, 0.15) is 53.1 Å². The third kappa shape index (κ3) is 4.26. The summed E-state index contributed by atoms with van der Waals surface area (Å²) >= 11 is 0. The molecule has 0 aliphatic carbocycles. The standard InChI is InChI=1S/C28H30N2O6/c1-35-28(34)29-13-11-22-21-9-5-6-10-23(21)30-25(32)16-20(15-24(29)26(22)30)19(12-14-31)17-36-27(33)18-7-3-2-4-8-18/h2-10,14,19-20,24-25,32H,11-13,15-17H2,1H3/t19-,20-,24+,25+/m1/s1. The highest BCUT2D eigenvalue weighted by Crippen LogP contribution is 2.47. The number of methoxy groups -OCH3 is 1. The van der Waals surface area contributed by atoms with Crippen LogP contribution in [0.15, 0.2) is 54.6 Å². The monoisotopic (exact) mass is 490 g/mol. The lowest BCUT2D eigenvalue weighted by molar-refractivity contribution is -0.109. The molecular formula is C28H30N2O6. The van der Waals surface area contributed by atoms with Crippen molar-refractivity contribution in [2.24, 2.45) is 11.8 Å². The minimum atomic E-state index is -0.842. The second-order valence-electron chi connectivity index (χ2n) is 9.52. The highest BCUT2D eigenvalue weighted by molar-refractivity contribution is 5.89. The molecule has 1 N–H and O–H groups in total. The second-order valence-corrected chi connectivity index (χ2v) is 9.52. The van der Waals surface area contributed by atoms with Crippen molar-refractivity contribution in [3.8, 4) is 0 Å². The van der Waals surface area contributed by atoms with E-state index in [0.29, 0.717) is 31.4 Å². The van der Waals surface area contributed by atoms with Crippen LogP contribution < -0.4 is 0 Å². The summed E-state index contributed by atoms with van der Waals surface area (Å²) in [7, 11) is 1.37. The number of aliphatic hydroxyl groups excluding tert-OH is 1. The van der Waals surface area contributed by atoms with Crippen LogP contribution in [-0.4, -0.2) is 53.2 Å². The first-order valence-electron chi connectivity index (χ1n) is 12.3. The highest BCUT2D eigenvalue weighted by Gasteiger charge is 2.42. The normalized spacial score (nSPS) is 21.8. The van der Waals surface area contributed by atoms with Crippen LogP contribution in [0, 0.1) is 11.8 Å². The lowest BCUT2D eigenvalue weighted by Crippen LogP contribution is -2.41. The number of carbonyl (C=O) groups excluding carboxylic acids is 3. The van der Waals surface area contributed by atoms with E-state index in [0.717, 1.165) is 28.4 Å². The number of hydrogen-bond acceptors (Lipinski definition) is 6. The van der Waals surface area contributed by atoms with Crippen molar-refractivity contribution < 1.29 is 29.0 Å². The molecule has 4 atom stereocenters. The molecule has 0 radical (unpaired) electrons. The van der Waals surface area contributed by atoms with E-state index in [9.17, 15) is 19.5 Å². The Morgan fingerprint density at radius 3 is 2.61 bits per heavy atom. The Hall–Kier alpha value is -3.65. The van der Waals surface area contributed by atoms with E-state index in [1.165, 1.54) is 7.11 Å². The molecule has 2 aliphatic rings.